The van der Waals surface area contributed by atoms with Crippen LogP contribution >= 0.6 is 11.8 Å². The van der Waals surface area contributed by atoms with Gasteiger partial charge < -0.3 is 19.8 Å². The Kier molecular flexibility index (Phi) is 5.68. The summed E-state index contributed by atoms with van der Waals surface area (Å²) in [5.74, 6) is 1.48. The molecule has 2 N–H and O–H groups in total. The van der Waals surface area contributed by atoms with Crippen LogP contribution in [0.25, 0.3) is 0 Å². The smallest absolute Gasteiger partial charge is 0.338 e. The second-order valence-electron chi connectivity index (χ2n) is 5.84. The fourth-order valence-electron chi connectivity index (χ4n) is 2.88. The number of aryl methyl sites for hydroxylation is 1. The lowest BCUT2D eigenvalue weighted by Crippen LogP contribution is -2.46. The van der Waals surface area contributed by atoms with E-state index in [9.17, 15) is 9.59 Å². The summed E-state index contributed by atoms with van der Waals surface area (Å²) in [4.78, 5) is 24.7. The third kappa shape index (κ3) is 3.94. The minimum Gasteiger partial charge on any atom is -0.468 e. The highest BCUT2D eigenvalue weighted by atomic mass is 32.2. The number of carbonyl (C=O) groups excluding carboxylic acids is 2. The van der Waals surface area contributed by atoms with Crippen LogP contribution in [0.2, 0.25) is 0 Å². The van der Waals surface area contributed by atoms with E-state index >= 15 is 0 Å². The summed E-state index contributed by atoms with van der Waals surface area (Å²) >= 11 is 1.55. The summed E-state index contributed by atoms with van der Waals surface area (Å²) in [6.45, 7) is 1.95. The fraction of sp³-hybridized carbons (Fsp3) is 0.263. The maximum atomic E-state index is 12.5. The number of ether oxygens (including phenoxy) is 1. The van der Waals surface area contributed by atoms with Crippen molar-refractivity contribution >= 4 is 23.8 Å². The van der Waals surface area contributed by atoms with Gasteiger partial charge in [-0.3, -0.25) is 0 Å². The Balaban J connectivity index is 1.91. The van der Waals surface area contributed by atoms with Crippen LogP contribution in [0.5, 0.6) is 0 Å². The summed E-state index contributed by atoms with van der Waals surface area (Å²) < 4.78 is 10.3. The lowest BCUT2D eigenvalue weighted by atomic mass is 9.92. The van der Waals surface area contributed by atoms with Crippen LogP contribution in [0, 0.1) is 6.92 Å². The van der Waals surface area contributed by atoms with Gasteiger partial charge in [-0.25, -0.2) is 9.59 Å². The summed E-state index contributed by atoms with van der Waals surface area (Å²) in [6, 6.07) is 10.5. The summed E-state index contributed by atoms with van der Waals surface area (Å²) in [5, 5.41) is 5.59. The van der Waals surface area contributed by atoms with Crippen LogP contribution in [0.15, 0.2) is 58.3 Å². The van der Waals surface area contributed by atoms with Crippen LogP contribution in [-0.2, 0) is 15.3 Å². The number of furan rings is 1. The van der Waals surface area contributed by atoms with E-state index in [1.54, 1.807) is 18.0 Å². The minimum absolute atomic E-state index is 0.334. The number of hydrogen-bond acceptors (Lipinski definition) is 5. The van der Waals surface area contributed by atoms with Crippen molar-refractivity contribution in [3.8, 4) is 0 Å². The first-order chi connectivity index (χ1) is 12.6. The Hall–Kier alpha value is -2.67. The molecule has 3 rings (SSSR count). The Morgan fingerprint density at radius 3 is 2.73 bits per heavy atom. The summed E-state index contributed by atoms with van der Waals surface area (Å²) in [6.07, 6.45) is 1.62. The lowest BCUT2D eigenvalue weighted by molar-refractivity contribution is -0.136. The van der Waals surface area contributed by atoms with Gasteiger partial charge in [-0.1, -0.05) is 24.3 Å². The molecule has 1 aliphatic rings. The summed E-state index contributed by atoms with van der Waals surface area (Å²) in [7, 11) is 1.34. The van der Waals surface area contributed by atoms with E-state index in [-0.39, 0.29) is 6.03 Å². The number of thioether (sulfide) groups is 1. The molecule has 1 aromatic carbocycles. The molecule has 2 aromatic rings. The SMILES string of the molecule is COC(=O)C1=C(CSCc2ccco2)NC(=O)N[C@@H]1c1ccccc1C. The molecule has 2 amide bonds. The highest BCUT2D eigenvalue weighted by Crippen LogP contribution is 2.31. The zero-order valence-corrected chi connectivity index (χ0v) is 15.4. The molecule has 7 heteroatoms. The quantitative estimate of drug-likeness (QED) is 0.761. The van der Waals surface area contributed by atoms with Gasteiger partial charge in [-0.2, -0.15) is 0 Å². The molecule has 1 aliphatic heterocycles. The van der Waals surface area contributed by atoms with Crippen molar-refractivity contribution in [2.45, 2.75) is 18.7 Å². The number of urea groups is 1. The van der Waals surface area contributed by atoms with E-state index in [2.05, 4.69) is 10.6 Å². The van der Waals surface area contributed by atoms with Crippen molar-refractivity contribution in [3.63, 3.8) is 0 Å². The largest absolute Gasteiger partial charge is 0.468 e. The first-order valence-electron chi connectivity index (χ1n) is 8.14. The molecule has 0 saturated heterocycles. The van der Waals surface area contributed by atoms with Gasteiger partial charge in [0.05, 0.1) is 30.7 Å². The first-order valence-corrected chi connectivity index (χ1v) is 9.30. The highest BCUT2D eigenvalue weighted by Gasteiger charge is 2.33. The zero-order valence-electron chi connectivity index (χ0n) is 14.6. The molecule has 1 atom stereocenters. The summed E-state index contributed by atoms with van der Waals surface area (Å²) in [5.41, 5.74) is 2.85. The van der Waals surface area contributed by atoms with Crippen LogP contribution in [0.1, 0.15) is 22.9 Å². The number of rotatable bonds is 6. The number of amides is 2. The van der Waals surface area contributed by atoms with Crippen molar-refractivity contribution in [2.75, 3.05) is 12.9 Å². The molecule has 0 spiro atoms. The van der Waals surface area contributed by atoms with Gasteiger partial charge in [0.25, 0.3) is 0 Å². The second-order valence-corrected chi connectivity index (χ2v) is 6.83. The monoisotopic (exact) mass is 372 g/mol. The molecule has 0 saturated carbocycles. The van der Waals surface area contributed by atoms with Crippen molar-refractivity contribution in [3.05, 3.63) is 70.8 Å². The molecule has 2 heterocycles. The molecule has 0 fully saturated rings. The molecular weight excluding hydrogens is 352 g/mol. The van der Waals surface area contributed by atoms with E-state index in [0.717, 1.165) is 16.9 Å². The third-order valence-electron chi connectivity index (χ3n) is 4.13. The second kappa shape index (κ2) is 8.14. The van der Waals surface area contributed by atoms with Crippen molar-refractivity contribution in [1.82, 2.24) is 10.6 Å². The van der Waals surface area contributed by atoms with Gasteiger partial charge >= 0.3 is 12.0 Å². The first kappa shape index (κ1) is 18.1. The molecule has 1 aromatic heterocycles. The Morgan fingerprint density at radius 1 is 1.23 bits per heavy atom. The topological polar surface area (TPSA) is 80.6 Å². The van der Waals surface area contributed by atoms with Gasteiger partial charge in [0, 0.05) is 11.4 Å². The van der Waals surface area contributed by atoms with Gasteiger partial charge in [0.1, 0.15) is 5.76 Å². The average molecular weight is 372 g/mol. The van der Waals surface area contributed by atoms with Gasteiger partial charge in [-0.05, 0) is 30.2 Å². The number of hydrogen-bond donors (Lipinski definition) is 2. The van der Waals surface area contributed by atoms with Crippen LogP contribution in [0.4, 0.5) is 4.79 Å². The highest BCUT2D eigenvalue weighted by molar-refractivity contribution is 7.98. The Morgan fingerprint density at radius 2 is 2.04 bits per heavy atom. The van der Waals surface area contributed by atoms with Gasteiger partial charge in [0.2, 0.25) is 0 Å². The minimum atomic E-state index is -0.545. The van der Waals surface area contributed by atoms with Gasteiger partial charge in [0.15, 0.2) is 0 Å². The predicted molar refractivity (Wildman–Crippen MR) is 99.5 cm³/mol. The predicted octanol–water partition coefficient (Wildman–Crippen LogP) is 3.30. The van der Waals surface area contributed by atoms with Crippen molar-refractivity contribution < 1.29 is 18.7 Å². The number of carbonyl (C=O) groups is 2. The number of esters is 1. The van der Waals surface area contributed by atoms with E-state index in [4.69, 9.17) is 9.15 Å². The number of benzene rings is 1. The number of methoxy groups -OCH3 is 1. The molecule has 6 nitrogen and oxygen atoms in total. The van der Waals surface area contributed by atoms with Crippen LogP contribution < -0.4 is 10.6 Å². The molecule has 0 aliphatic carbocycles. The van der Waals surface area contributed by atoms with Crippen LogP contribution in [0.3, 0.4) is 0 Å². The molecule has 0 bridgehead atoms. The number of nitrogens with one attached hydrogen (secondary N) is 2. The molecule has 0 unspecified atom stereocenters. The molecule has 26 heavy (non-hydrogen) atoms. The van der Waals surface area contributed by atoms with E-state index in [0.29, 0.717) is 22.8 Å². The van der Waals surface area contributed by atoms with E-state index in [1.807, 2.05) is 43.3 Å². The van der Waals surface area contributed by atoms with Crippen molar-refractivity contribution in [2.24, 2.45) is 0 Å². The third-order valence-corrected chi connectivity index (χ3v) is 5.11. The maximum Gasteiger partial charge on any atom is 0.338 e. The standard InChI is InChI=1S/C19H20N2O4S/c1-12-6-3-4-8-14(12)17-16(18(22)24-2)15(20-19(23)21-17)11-26-10-13-7-5-9-25-13/h3-9,17H,10-11H2,1-2H3,(H2,20,21,23)/t17-/m1/s1. The Labute approximate surface area is 156 Å². The average Bonchev–Trinajstić information content (AvgIpc) is 3.14. The molecular formula is C19H20N2O4S. The lowest BCUT2D eigenvalue weighted by Gasteiger charge is -2.30. The van der Waals surface area contributed by atoms with E-state index < -0.39 is 12.0 Å². The van der Waals surface area contributed by atoms with Gasteiger partial charge in [-0.15, -0.1) is 11.8 Å². The fourth-order valence-corrected chi connectivity index (χ4v) is 3.77. The Bertz CT molecular complexity index is 830. The van der Waals surface area contributed by atoms with Crippen molar-refractivity contribution in [1.29, 1.82) is 0 Å². The maximum absolute atomic E-state index is 12.5. The molecule has 136 valence electrons. The molecule has 0 radical (unpaired) electrons. The van der Waals surface area contributed by atoms with E-state index in [1.165, 1.54) is 7.11 Å². The van der Waals surface area contributed by atoms with Crippen LogP contribution in [-0.4, -0.2) is 24.9 Å². The normalized spacial score (nSPS) is 16.8. The zero-order chi connectivity index (χ0) is 18.5.